The summed E-state index contributed by atoms with van der Waals surface area (Å²) in [6, 6.07) is 3.20. The molecular weight excluding hydrogens is 314 g/mol. The summed E-state index contributed by atoms with van der Waals surface area (Å²) in [6.45, 7) is 1.90. The minimum atomic E-state index is -3.48. The minimum absolute atomic E-state index is 0.0530. The standard InChI is InChI=1S/C16H21N3O3S/c1-3-10-8-12(11-6-4-5-7-11)14(23(2,21)22)9-13(10)15(20)19-16(17)18/h4,6,8-9,11H,3,5,7H2,1-2H3,(H4,17,18,19,20). The van der Waals surface area contributed by atoms with E-state index in [-0.39, 0.29) is 22.3 Å². The van der Waals surface area contributed by atoms with E-state index in [1.54, 1.807) is 6.07 Å². The first-order valence-electron chi connectivity index (χ1n) is 7.41. The first-order valence-corrected chi connectivity index (χ1v) is 9.30. The van der Waals surface area contributed by atoms with Crippen molar-refractivity contribution in [3.63, 3.8) is 0 Å². The van der Waals surface area contributed by atoms with Crippen molar-refractivity contribution >= 4 is 21.7 Å². The Morgan fingerprint density at radius 1 is 1.35 bits per heavy atom. The van der Waals surface area contributed by atoms with Gasteiger partial charge in [-0.1, -0.05) is 25.1 Å². The van der Waals surface area contributed by atoms with Gasteiger partial charge in [0.1, 0.15) is 0 Å². The van der Waals surface area contributed by atoms with Gasteiger partial charge in [-0.25, -0.2) is 8.42 Å². The summed E-state index contributed by atoms with van der Waals surface area (Å²) < 4.78 is 24.4. The first-order chi connectivity index (χ1) is 10.7. The summed E-state index contributed by atoms with van der Waals surface area (Å²) in [5, 5.41) is 0. The molecule has 0 saturated carbocycles. The van der Waals surface area contributed by atoms with Gasteiger partial charge in [-0.15, -0.1) is 0 Å². The van der Waals surface area contributed by atoms with E-state index >= 15 is 0 Å². The molecule has 4 N–H and O–H groups in total. The van der Waals surface area contributed by atoms with E-state index in [1.807, 2.05) is 19.1 Å². The molecule has 23 heavy (non-hydrogen) atoms. The molecule has 0 saturated heterocycles. The lowest BCUT2D eigenvalue weighted by Gasteiger charge is -2.17. The normalized spacial score (nSPS) is 17.2. The summed E-state index contributed by atoms with van der Waals surface area (Å²) in [5.74, 6) is -0.918. The molecule has 2 rings (SSSR count). The summed E-state index contributed by atoms with van der Waals surface area (Å²) in [4.78, 5) is 15.9. The van der Waals surface area contributed by atoms with Gasteiger partial charge in [0.05, 0.1) is 4.90 Å². The SMILES string of the molecule is CCc1cc(C2C=CCC2)c(S(C)(=O)=O)cc1C(=O)N=C(N)N. The van der Waals surface area contributed by atoms with Crippen LogP contribution in [0.1, 0.15) is 47.2 Å². The van der Waals surface area contributed by atoms with E-state index in [2.05, 4.69) is 4.99 Å². The van der Waals surface area contributed by atoms with E-state index in [4.69, 9.17) is 11.5 Å². The molecule has 1 unspecified atom stereocenters. The second kappa shape index (κ2) is 6.54. The van der Waals surface area contributed by atoms with Gasteiger partial charge < -0.3 is 11.5 Å². The van der Waals surface area contributed by atoms with Crippen molar-refractivity contribution < 1.29 is 13.2 Å². The highest BCUT2D eigenvalue weighted by atomic mass is 32.2. The molecule has 0 heterocycles. The van der Waals surface area contributed by atoms with Crippen LogP contribution in [0.4, 0.5) is 0 Å². The number of carbonyl (C=O) groups excluding carboxylic acids is 1. The van der Waals surface area contributed by atoms with Crippen LogP contribution < -0.4 is 11.5 Å². The predicted molar refractivity (Wildman–Crippen MR) is 90.2 cm³/mol. The highest BCUT2D eigenvalue weighted by molar-refractivity contribution is 7.90. The van der Waals surface area contributed by atoms with Crippen molar-refractivity contribution in [3.05, 3.63) is 41.0 Å². The maximum atomic E-state index is 12.2. The number of nitrogens with two attached hydrogens (primary N) is 2. The lowest BCUT2D eigenvalue weighted by Crippen LogP contribution is -2.24. The van der Waals surface area contributed by atoms with E-state index in [9.17, 15) is 13.2 Å². The second-order valence-electron chi connectivity index (χ2n) is 5.63. The zero-order valence-corrected chi connectivity index (χ0v) is 14.1. The number of amides is 1. The van der Waals surface area contributed by atoms with Gasteiger partial charge in [-0.3, -0.25) is 4.79 Å². The van der Waals surface area contributed by atoms with Gasteiger partial charge in [-0.2, -0.15) is 4.99 Å². The largest absolute Gasteiger partial charge is 0.370 e. The van der Waals surface area contributed by atoms with E-state index in [1.165, 1.54) is 6.07 Å². The van der Waals surface area contributed by atoms with Crippen LogP contribution in [-0.2, 0) is 16.3 Å². The van der Waals surface area contributed by atoms with Crippen molar-refractivity contribution in [1.82, 2.24) is 0 Å². The Labute approximate surface area is 136 Å². The Balaban J connectivity index is 2.69. The van der Waals surface area contributed by atoms with Gasteiger partial charge in [0, 0.05) is 17.7 Å². The van der Waals surface area contributed by atoms with Crippen LogP contribution in [0.25, 0.3) is 0 Å². The topological polar surface area (TPSA) is 116 Å². The van der Waals surface area contributed by atoms with Gasteiger partial charge in [0.15, 0.2) is 15.8 Å². The smallest absolute Gasteiger partial charge is 0.280 e. The number of sulfone groups is 1. The lowest BCUT2D eigenvalue weighted by atomic mass is 9.93. The quantitative estimate of drug-likeness (QED) is 0.491. The summed E-state index contributed by atoms with van der Waals surface area (Å²) in [6.07, 6.45) is 7.57. The number of allylic oxidation sites excluding steroid dienone is 2. The molecule has 0 bridgehead atoms. The highest BCUT2D eigenvalue weighted by Gasteiger charge is 2.24. The molecule has 0 fully saturated rings. The first kappa shape index (κ1) is 17.2. The van der Waals surface area contributed by atoms with Crippen molar-refractivity contribution in [3.8, 4) is 0 Å². The third kappa shape index (κ3) is 3.79. The number of benzene rings is 1. The molecular formula is C16H21N3O3S. The van der Waals surface area contributed by atoms with Gasteiger partial charge >= 0.3 is 0 Å². The molecule has 7 heteroatoms. The summed E-state index contributed by atoms with van der Waals surface area (Å²) in [5.41, 5.74) is 12.2. The number of carbonyl (C=O) groups is 1. The molecule has 6 nitrogen and oxygen atoms in total. The number of rotatable bonds is 4. The number of aliphatic imine (C=N–C) groups is 1. The number of guanidine groups is 1. The van der Waals surface area contributed by atoms with Crippen LogP contribution in [0.2, 0.25) is 0 Å². The Bertz CT molecular complexity index is 791. The average Bonchev–Trinajstić information content (AvgIpc) is 2.98. The maximum absolute atomic E-state index is 12.2. The fourth-order valence-electron chi connectivity index (χ4n) is 2.82. The average molecular weight is 335 g/mol. The van der Waals surface area contributed by atoms with Crippen molar-refractivity contribution in [1.29, 1.82) is 0 Å². The number of aryl methyl sites for hydroxylation is 1. The minimum Gasteiger partial charge on any atom is -0.370 e. The van der Waals surface area contributed by atoms with Crippen LogP contribution in [0.5, 0.6) is 0 Å². The molecule has 124 valence electrons. The highest BCUT2D eigenvalue weighted by Crippen LogP contribution is 2.35. The fourth-order valence-corrected chi connectivity index (χ4v) is 3.79. The summed E-state index contributed by atoms with van der Waals surface area (Å²) >= 11 is 0. The molecule has 1 aromatic carbocycles. The Morgan fingerprint density at radius 3 is 2.52 bits per heavy atom. The monoisotopic (exact) mass is 335 g/mol. The Morgan fingerprint density at radius 2 is 2.04 bits per heavy atom. The second-order valence-corrected chi connectivity index (χ2v) is 7.61. The van der Waals surface area contributed by atoms with E-state index in [0.717, 1.165) is 30.2 Å². The van der Waals surface area contributed by atoms with Crippen LogP contribution in [0, 0.1) is 0 Å². The molecule has 0 aliphatic heterocycles. The predicted octanol–water partition coefficient (Wildman–Crippen LogP) is 1.50. The third-order valence-electron chi connectivity index (χ3n) is 3.89. The van der Waals surface area contributed by atoms with E-state index < -0.39 is 15.7 Å². The molecule has 1 amide bonds. The van der Waals surface area contributed by atoms with Crippen LogP contribution in [0.15, 0.2) is 34.2 Å². The molecule has 1 aromatic rings. The lowest BCUT2D eigenvalue weighted by molar-refractivity contribution is 0.100. The number of nitrogens with zero attached hydrogens (tertiary/aromatic N) is 1. The van der Waals surface area contributed by atoms with Gasteiger partial charge in [0.2, 0.25) is 0 Å². The molecule has 0 aromatic heterocycles. The summed E-state index contributed by atoms with van der Waals surface area (Å²) in [7, 11) is -3.48. The van der Waals surface area contributed by atoms with Crippen molar-refractivity contribution in [2.75, 3.05) is 6.26 Å². The van der Waals surface area contributed by atoms with Crippen molar-refractivity contribution in [2.45, 2.75) is 37.0 Å². The molecule has 0 spiro atoms. The maximum Gasteiger partial charge on any atom is 0.280 e. The van der Waals surface area contributed by atoms with E-state index in [0.29, 0.717) is 6.42 Å². The fraction of sp³-hybridized carbons (Fsp3) is 0.375. The Hall–Kier alpha value is -2.15. The molecule has 1 atom stereocenters. The zero-order valence-electron chi connectivity index (χ0n) is 13.2. The van der Waals surface area contributed by atoms with Crippen LogP contribution in [-0.4, -0.2) is 26.5 Å². The Kier molecular flexibility index (Phi) is 4.89. The van der Waals surface area contributed by atoms with Gasteiger partial charge in [0.25, 0.3) is 5.91 Å². The molecule has 1 aliphatic carbocycles. The van der Waals surface area contributed by atoms with Gasteiger partial charge in [-0.05, 0) is 36.5 Å². The van der Waals surface area contributed by atoms with Crippen LogP contribution >= 0.6 is 0 Å². The zero-order chi connectivity index (χ0) is 17.2. The molecule has 0 radical (unpaired) electrons. The molecule has 1 aliphatic rings. The van der Waals surface area contributed by atoms with Crippen LogP contribution in [0.3, 0.4) is 0 Å². The third-order valence-corrected chi connectivity index (χ3v) is 5.04. The number of hydrogen-bond donors (Lipinski definition) is 2. The van der Waals surface area contributed by atoms with Crippen molar-refractivity contribution in [2.24, 2.45) is 16.5 Å². The number of hydrogen-bond acceptors (Lipinski definition) is 3.